The molecule has 2 aliphatic heterocycles. The van der Waals surface area contributed by atoms with Gasteiger partial charge in [-0.15, -0.1) is 0 Å². The summed E-state index contributed by atoms with van der Waals surface area (Å²) in [6, 6.07) is 0. The lowest BCUT2D eigenvalue weighted by Gasteiger charge is -2.45. The molecule has 2 bridgehead atoms. The fourth-order valence-electron chi connectivity index (χ4n) is 3.14. The van der Waals surface area contributed by atoms with Crippen molar-refractivity contribution >= 4 is 0 Å². The van der Waals surface area contributed by atoms with E-state index in [0.29, 0.717) is 18.9 Å². The molecule has 14 heavy (non-hydrogen) atoms. The Balaban J connectivity index is 2.23. The predicted octanol–water partition coefficient (Wildman–Crippen LogP) is 1.19. The number of aliphatic hydroxyl groups is 1. The molecule has 2 fully saturated rings. The molecule has 0 aromatic heterocycles. The van der Waals surface area contributed by atoms with Crippen LogP contribution in [0.2, 0.25) is 0 Å². The van der Waals surface area contributed by atoms with Crippen LogP contribution in [0, 0.1) is 0 Å². The largest absolute Gasteiger partial charge is 0.388 e. The maximum Gasteiger partial charge on any atom is 0.0847 e. The number of fused-ring (bicyclic) bond motifs is 2. The minimum Gasteiger partial charge on any atom is -0.388 e. The predicted molar refractivity (Wildman–Crippen MR) is 55.0 cm³/mol. The molecule has 0 radical (unpaired) electrons. The van der Waals surface area contributed by atoms with Gasteiger partial charge in [0.1, 0.15) is 0 Å². The van der Waals surface area contributed by atoms with Gasteiger partial charge in [-0.3, -0.25) is 0 Å². The zero-order valence-corrected chi connectivity index (χ0v) is 9.12. The Bertz CT molecular complexity index is 227. The van der Waals surface area contributed by atoms with Gasteiger partial charge in [-0.25, -0.2) is 0 Å². The maximum atomic E-state index is 10.5. The Kier molecular flexibility index (Phi) is 2.37. The molecule has 3 heteroatoms. The lowest BCUT2D eigenvalue weighted by molar-refractivity contribution is -0.0695. The van der Waals surface area contributed by atoms with Gasteiger partial charge >= 0.3 is 0 Å². The van der Waals surface area contributed by atoms with E-state index in [9.17, 15) is 5.11 Å². The first kappa shape index (κ1) is 10.4. The van der Waals surface area contributed by atoms with E-state index in [2.05, 4.69) is 0 Å². The van der Waals surface area contributed by atoms with Gasteiger partial charge in [0, 0.05) is 0 Å². The van der Waals surface area contributed by atoms with Gasteiger partial charge in [-0.05, 0) is 32.1 Å². The molecule has 0 spiro atoms. The SMILES string of the molecule is CCC(O)(CC)C1(N)CC2CCC1O2. The van der Waals surface area contributed by atoms with Crippen LogP contribution in [0.3, 0.4) is 0 Å². The Labute approximate surface area is 85.6 Å². The van der Waals surface area contributed by atoms with Crippen LogP contribution in [-0.2, 0) is 4.74 Å². The van der Waals surface area contributed by atoms with Crippen LogP contribution < -0.4 is 5.73 Å². The van der Waals surface area contributed by atoms with E-state index in [1.165, 1.54) is 0 Å². The summed E-state index contributed by atoms with van der Waals surface area (Å²) in [5, 5.41) is 10.5. The molecule has 2 rings (SSSR count). The molecule has 0 aromatic carbocycles. The fraction of sp³-hybridized carbons (Fsp3) is 1.00. The molecule has 3 unspecified atom stereocenters. The number of rotatable bonds is 3. The molecule has 3 nitrogen and oxygen atoms in total. The first-order valence-corrected chi connectivity index (χ1v) is 5.72. The van der Waals surface area contributed by atoms with Crippen LogP contribution in [0.1, 0.15) is 46.0 Å². The van der Waals surface area contributed by atoms with Gasteiger partial charge in [-0.1, -0.05) is 13.8 Å². The van der Waals surface area contributed by atoms with E-state index in [1.54, 1.807) is 0 Å². The Morgan fingerprint density at radius 2 is 2.07 bits per heavy atom. The van der Waals surface area contributed by atoms with Crippen molar-refractivity contribution in [1.29, 1.82) is 0 Å². The van der Waals surface area contributed by atoms with Gasteiger partial charge in [0.2, 0.25) is 0 Å². The van der Waals surface area contributed by atoms with E-state index in [0.717, 1.165) is 19.3 Å². The number of ether oxygens (including phenoxy) is 1. The standard InChI is InChI=1S/C11H21NO2/c1-3-10(13,4-2)11(12)7-8-5-6-9(11)14-8/h8-9,13H,3-7,12H2,1-2H3. The van der Waals surface area contributed by atoms with Crippen LogP contribution in [-0.4, -0.2) is 28.5 Å². The van der Waals surface area contributed by atoms with E-state index >= 15 is 0 Å². The van der Waals surface area contributed by atoms with E-state index < -0.39 is 11.1 Å². The summed E-state index contributed by atoms with van der Waals surface area (Å²) >= 11 is 0. The van der Waals surface area contributed by atoms with Crippen LogP contribution >= 0.6 is 0 Å². The van der Waals surface area contributed by atoms with Crippen molar-refractivity contribution in [2.45, 2.75) is 69.3 Å². The molecule has 0 amide bonds. The molecule has 2 saturated heterocycles. The zero-order valence-electron chi connectivity index (χ0n) is 9.12. The smallest absolute Gasteiger partial charge is 0.0847 e. The van der Waals surface area contributed by atoms with Crippen LogP contribution in [0.5, 0.6) is 0 Å². The van der Waals surface area contributed by atoms with Crippen molar-refractivity contribution in [3.05, 3.63) is 0 Å². The third kappa shape index (κ3) is 1.16. The second-order valence-electron chi connectivity index (χ2n) is 4.81. The van der Waals surface area contributed by atoms with Gasteiger partial charge in [-0.2, -0.15) is 0 Å². The monoisotopic (exact) mass is 199 g/mol. The van der Waals surface area contributed by atoms with Crippen molar-refractivity contribution in [1.82, 2.24) is 0 Å². The van der Waals surface area contributed by atoms with Gasteiger partial charge < -0.3 is 15.6 Å². The Morgan fingerprint density at radius 3 is 2.43 bits per heavy atom. The van der Waals surface area contributed by atoms with Crippen molar-refractivity contribution in [2.75, 3.05) is 0 Å². The quantitative estimate of drug-likeness (QED) is 0.717. The normalized spacial score (nSPS) is 42.0. The van der Waals surface area contributed by atoms with Crippen molar-refractivity contribution < 1.29 is 9.84 Å². The average Bonchev–Trinajstić information content (AvgIpc) is 2.76. The summed E-state index contributed by atoms with van der Waals surface area (Å²) in [5.41, 5.74) is 5.12. The average molecular weight is 199 g/mol. The fourth-order valence-corrected chi connectivity index (χ4v) is 3.14. The van der Waals surface area contributed by atoms with Crippen molar-refractivity contribution in [3.63, 3.8) is 0 Å². The molecule has 3 atom stereocenters. The molecule has 3 N–H and O–H groups in total. The topological polar surface area (TPSA) is 55.5 Å². The summed E-state index contributed by atoms with van der Waals surface area (Å²) in [5.74, 6) is 0. The van der Waals surface area contributed by atoms with Gasteiger partial charge in [0.25, 0.3) is 0 Å². The minimum atomic E-state index is -0.743. The second-order valence-corrected chi connectivity index (χ2v) is 4.81. The molecule has 82 valence electrons. The van der Waals surface area contributed by atoms with Crippen molar-refractivity contribution in [3.8, 4) is 0 Å². The van der Waals surface area contributed by atoms with Gasteiger partial charge in [0.05, 0.1) is 23.3 Å². The highest BCUT2D eigenvalue weighted by atomic mass is 16.5. The van der Waals surface area contributed by atoms with Crippen molar-refractivity contribution in [2.24, 2.45) is 5.73 Å². The lowest BCUT2D eigenvalue weighted by Crippen LogP contribution is -2.65. The Hall–Kier alpha value is -0.120. The van der Waals surface area contributed by atoms with Crippen LogP contribution in [0.15, 0.2) is 0 Å². The molecule has 0 saturated carbocycles. The van der Waals surface area contributed by atoms with Crippen LogP contribution in [0.25, 0.3) is 0 Å². The molecule has 2 aliphatic rings. The summed E-state index contributed by atoms with van der Waals surface area (Å²) in [4.78, 5) is 0. The van der Waals surface area contributed by atoms with E-state index in [4.69, 9.17) is 10.5 Å². The molecule has 0 aromatic rings. The second kappa shape index (κ2) is 3.19. The summed E-state index contributed by atoms with van der Waals surface area (Å²) < 4.78 is 5.75. The zero-order chi connectivity index (χ0) is 10.4. The summed E-state index contributed by atoms with van der Waals surface area (Å²) in [6.45, 7) is 4.01. The first-order chi connectivity index (χ1) is 6.55. The van der Waals surface area contributed by atoms with Crippen LogP contribution in [0.4, 0.5) is 0 Å². The third-order valence-electron chi connectivity index (χ3n) is 4.28. The lowest BCUT2D eigenvalue weighted by atomic mass is 9.68. The highest BCUT2D eigenvalue weighted by Gasteiger charge is 2.59. The Morgan fingerprint density at radius 1 is 1.43 bits per heavy atom. The number of hydrogen-bond donors (Lipinski definition) is 2. The summed E-state index contributed by atoms with van der Waals surface area (Å²) in [6.07, 6.45) is 4.78. The highest BCUT2D eigenvalue weighted by Crippen LogP contribution is 2.47. The molecular weight excluding hydrogens is 178 g/mol. The molecule has 2 heterocycles. The molecule has 0 aliphatic carbocycles. The van der Waals surface area contributed by atoms with E-state index in [-0.39, 0.29) is 6.10 Å². The first-order valence-electron chi connectivity index (χ1n) is 5.72. The van der Waals surface area contributed by atoms with Gasteiger partial charge in [0.15, 0.2) is 0 Å². The summed E-state index contributed by atoms with van der Waals surface area (Å²) in [7, 11) is 0. The number of hydrogen-bond acceptors (Lipinski definition) is 3. The third-order valence-corrected chi connectivity index (χ3v) is 4.28. The number of nitrogens with two attached hydrogens (primary N) is 1. The molecular formula is C11H21NO2. The minimum absolute atomic E-state index is 0.0809. The maximum absolute atomic E-state index is 10.5. The highest BCUT2D eigenvalue weighted by molar-refractivity contribution is 5.14. The van der Waals surface area contributed by atoms with E-state index in [1.807, 2.05) is 13.8 Å².